The van der Waals surface area contributed by atoms with Crippen molar-refractivity contribution >= 4 is 11.8 Å². The fourth-order valence-corrected chi connectivity index (χ4v) is 8.35. The molecular weight excluding hydrogens is 397 g/mol. The Hall–Kier alpha value is -0.490. The van der Waals surface area contributed by atoms with Crippen LogP contribution in [0.4, 0.5) is 13.2 Å². The lowest BCUT2D eigenvalue weighted by Gasteiger charge is -2.48. The minimum Gasteiger partial charge on any atom is -0.311 e. The van der Waals surface area contributed by atoms with E-state index in [9.17, 15) is 18.4 Å². The van der Waals surface area contributed by atoms with Gasteiger partial charge in [-0.25, -0.2) is 13.2 Å². The summed E-state index contributed by atoms with van der Waals surface area (Å²) >= 11 is 1.79. The molecule has 5 fully saturated rings. The predicted molar refractivity (Wildman–Crippen MR) is 108 cm³/mol. The Bertz CT molecular complexity index is 648. The fourth-order valence-electron chi connectivity index (χ4n) is 7.01. The monoisotopic (exact) mass is 428 g/mol. The maximum absolute atomic E-state index is 14.3. The number of thioether (sulfide) groups is 1. The van der Waals surface area contributed by atoms with E-state index in [-0.39, 0.29) is 29.7 Å². The van der Waals surface area contributed by atoms with Crippen LogP contribution in [0.3, 0.4) is 0 Å². The number of hydrogen-bond donors (Lipinski definition) is 3. The van der Waals surface area contributed by atoms with Gasteiger partial charge >= 0.3 is 0 Å². The van der Waals surface area contributed by atoms with Crippen LogP contribution in [0.5, 0.6) is 0 Å². The minimum atomic E-state index is -1.99. The Balaban J connectivity index is 1.24. The zero-order chi connectivity index (χ0) is 20.1. The van der Waals surface area contributed by atoms with Gasteiger partial charge in [0.15, 0.2) is 6.17 Å². The second-order valence-corrected chi connectivity index (χ2v) is 11.1. The zero-order valence-electron chi connectivity index (χ0n) is 16.6. The van der Waals surface area contributed by atoms with Crippen LogP contribution in [0.15, 0.2) is 0 Å². The normalized spacial score (nSPS) is 55.1. The number of nitrogens with one attached hydrogen (secondary N) is 3. The molecule has 5 aliphatic rings. The molecule has 0 bridgehead atoms. The van der Waals surface area contributed by atoms with Crippen LogP contribution < -0.4 is 16.0 Å². The molecule has 0 aromatic carbocycles. The summed E-state index contributed by atoms with van der Waals surface area (Å²) in [7, 11) is 0. The number of alkyl halides is 3. The Morgan fingerprint density at radius 3 is 2.45 bits per heavy atom. The van der Waals surface area contributed by atoms with E-state index in [1.165, 1.54) is 12.8 Å². The number of halogens is 3. The molecule has 3 N–H and O–H groups in total. The van der Waals surface area contributed by atoms with Crippen molar-refractivity contribution in [1.82, 2.24) is 16.0 Å². The summed E-state index contributed by atoms with van der Waals surface area (Å²) in [5.41, 5.74) is 0. The summed E-state index contributed by atoms with van der Waals surface area (Å²) in [6, 6.07) is 2.50. The fraction of sp³-hybridized carbons (Fsp3) is 0.952. The summed E-state index contributed by atoms with van der Waals surface area (Å²) in [6.07, 6.45) is 0.476. The Morgan fingerprint density at radius 1 is 0.828 bits per heavy atom. The van der Waals surface area contributed by atoms with Crippen LogP contribution in [0.25, 0.3) is 0 Å². The van der Waals surface area contributed by atoms with E-state index in [4.69, 9.17) is 0 Å². The first-order valence-corrected chi connectivity index (χ1v) is 12.2. The van der Waals surface area contributed by atoms with Crippen molar-refractivity contribution in [3.63, 3.8) is 0 Å². The molecule has 2 saturated carbocycles. The molecule has 3 aliphatic heterocycles. The van der Waals surface area contributed by atoms with Gasteiger partial charge in [-0.1, -0.05) is 6.42 Å². The third kappa shape index (κ3) is 3.60. The summed E-state index contributed by atoms with van der Waals surface area (Å²) in [4.78, 5) is 0. The van der Waals surface area contributed by atoms with Gasteiger partial charge < -0.3 is 10.6 Å². The minimum absolute atomic E-state index is 0.0842. The maximum atomic E-state index is 14.3. The van der Waals surface area contributed by atoms with Gasteiger partial charge in [0, 0.05) is 36.5 Å². The van der Waals surface area contributed by atoms with Crippen LogP contribution in [0.2, 0.25) is 0 Å². The Morgan fingerprint density at radius 2 is 1.66 bits per heavy atom. The van der Waals surface area contributed by atoms with Gasteiger partial charge in [0.25, 0.3) is 0 Å². The number of nitriles is 1. The van der Waals surface area contributed by atoms with E-state index in [1.54, 1.807) is 11.8 Å². The number of nitrogens with zero attached hydrogens (tertiary/aromatic N) is 1. The van der Waals surface area contributed by atoms with Crippen molar-refractivity contribution < 1.29 is 13.2 Å². The third-order valence-corrected chi connectivity index (χ3v) is 9.79. The van der Waals surface area contributed by atoms with Gasteiger partial charge in [0.2, 0.25) is 0 Å². The maximum Gasteiger partial charge on any atom is 0.164 e. The summed E-state index contributed by atoms with van der Waals surface area (Å²) in [6.45, 7) is 1.57. The van der Waals surface area contributed by atoms with E-state index in [1.807, 2.05) is 0 Å². The van der Waals surface area contributed by atoms with Gasteiger partial charge in [-0.15, -0.1) is 11.8 Å². The summed E-state index contributed by atoms with van der Waals surface area (Å²) in [5, 5.41) is 20.0. The molecule has 29 heavy (non-hydrogen) atoms. The number of hydrogen-bond acceptors (Lipinski definition) is 5. The van der Waals surface area contributed by atoms with Crippen LogP contribution in [-0.4, -0.2) is 60.4 Å². The summed E-state index contributed by atoms with van der Waals surface area (Å²) in [5.74, 6) is 1.30. The molecule has 5 rings (SSSR count). The first-order chi connectivity index (χ1) is 14.1. The van der Waals surface area contributed by atoms with Crippen molar-refractivity contribution in [1.29, 1.82) is 5.26 Å². The zero-order valence-corrected chi connectivity index (χ0v) is 17.4. The lowest BCUT2D eigenvalue weighted by molar-refractivity contribution is -0.00885. The van der Waals surface area contributed by atoms with Crippen molar-refractivity contribution in [3.8, 4) is 6.07 Å². The highest BCUT2D eigenvalue weighted by Gasteiger charge is 2.54. The second kappa shape index (κ2) is 8.22. The highest BCUT2D eigenvalue weighted by molar-refractivity contribution is 8.01. The molecule has 0 spiro atoms. The second-order valence-electron chi connectivity index (χ2n) is 9.71. The van der Waals surface area contributed by atoms with Gasteiger partial charge in [-0.05, 0) is 55.8 Å². The molecule has 12 atom stereocenters. The molecule has 4 nitrogen and oxygen atoms in total. The Kier molecular flexibility index (Phi) is 5.78. The predicted octanol–water partition coefficient (Wildman–Crippen LogP) is 2.70. The van der Waals surface area contributed by atoms with Crippen molar-refractivity contribution in [2.24, 2.45) is 23.7 Å². The van der Waals surface area contributed by atoms with Gasteiger partial charge in [-0.3, -0.25) is 5.32 Å². The Labute approximate surface area is 175 Å². The van der Waals surface area contributed by atoms with Crippen LogP contribution >= 0.6 is 11.8 Å². The third-order valence-electron chi connectivity index (χ3n) is 8.38. The highest BCUT2D eigenvalue weighted by atomic mass is 32.2. The lowest BCUT2D eigenvalue weighted by atomic mass is 9.66. The first kappa shape index (κ1) is 20.4. The van der Waals surface area contributed by atoms with E-state index >= 15 is 0 Å². The average molecular weight is 429 g/mol. The molecule has 0 radical (unpaired) electrons. The topological polar surface area (TPSA) is 59.9 Å². The molecule has 162 valence electrons. The van der Waals surface area contributed by atoms with E-state index in [0.29, 0.717) is 29.7 Å². The number of piperidine rings is 1. The molecule has 0 aromatic heterocycles. The molecule has 3 heterocycles. The van der Waals surface area contributed by atoms with E-state index in [2.05, 4.69) is 22.0 Å². The molecule has 8 heteroatoms. The molecule has 2 aliphatic carbocycles. The molecule has 3 saturated heterocycles. The summed E-state index contributed by atoms with van der Waals surface area (Å²) < 4.78 is 42.2. The SMILES string of the molecule is N#CC1NCC(C2CCCC3NC(C4CNC5C(F)C(F)C(F)CC45)CCC32)S1. The van der Waals surface area contributed by atoms with E-state index < -0.39 is 24.6 Å². The van der Waals surface area contributed by atoms with Crippen molar-refractivity contribution in [3.05, 3.63) is 0 Å². The van der Waals surface area contributed by atoms with Crippen LogP contribution in [-0.2, 0) is 0 Å². The smallest absolute Gasteiger partial charge is 0.164 e. The van der Waals surface area contributed by atoms with Crippen LogP contribution in [0.1, 0.15) is 38.5 Å². The largest absolute Gasteiger partial charge is 0.311 e. The standard InChI is InChI=1S/C21H31F3N4S/c22-14-6-12-13(8-27-21(12)20(24)19(14)23)16-5-4-10-11(2-1-3-15(10)28-16)17-9-26-18(7-25)29-17/h10-21,26-28H,1-6,8-9H2. The van der Waals surface area contributed by atoms with Crippen molar-refractivity contribution in [2.75, 3.05) is 13.1 Å². The van der Waals surface area contributed by atoms with Gasteiger partial charge in [0.05, 0.1) is 6.07 Å². The quantitative estimate of drug-likeness (QED) is 0.631. The van der Waals surface area contributed by atoms with Gasteiger partial charge in [0.1, 0.15) is 17.7 Å². The van der Waals surface area contributed by atoms with E-state index in [0.717, 1.165) is 25.8 Å². The first-order valence-electron chi connectivity index (χ1n) is 11.3. The average Bonchev–Trinajstić information content (AvgIpc) is 3.38. The number of fused-ring (bicyclic) bond motifs is 2. The van der Waals surface area contributed by atoms with Crippen LogP contribution in [0, 0.1) is 35.0 Å². The molecule has 12 unspecified atom stereocenters. The van der Waals surface area contributed by atoms with Crippen molar-refractivity contribution in [2.45, 2.75) is 85.8 Å². The molecule has 0 amide bonds. The molecule has 0 aromatic rings. The lowest BCUT2D eigenvalue weighted by Crippen LogP contribution is -2.57. The number of rotatable bonds is 2. The molecular formula is C21H31F3N4S. The highest BCUT2D eigenvalue weighted by Crippen LogP contribution is 2.47. The van der Waals surface area contributed by atoms with Gasteiger partial charge in [-0.2, -0.15) is 5.26 Å².